The van der Waals surface area contributed by atoms with Crippen molar-refractivity contribution < 1.29 is 8.85 Å². The topological polar surface area (TPSA) is 18.5 Å². The van der Waals surface area contributed by atoms with E-state index in [0.29, 0.717) is 0 Å². The number of rotatable bonds is 9. The first kappa shape index (κ1) is 34.4. The zero-order valence-corrected chi connectivity index (χ0v) is 34.1. The Morgan fingerprint density at radius 2 is 0.635 bits per heavy atom. The molecule has 0 bridgehead atoms. The molecular formula is C46H36Br2O2Si2. The number of halogens is 2. The molecule has 0 heterocycles. The molecule has 0 aliphatic heterocycles. The number of hydrogen-bond acceptors (Lipinski definition) is 2. The Bertz CT molecular complexity index is 2250. The van der Waals surface area contributed by atoms with E-state index in [2.05, 4.69) is 227 Å². The van der Waals surface area contributed by atoms with E-state index in [1.165, 1.54) is 20.7 Å². The minimum absolute atomic E-state index is 0.802. The van der Waals surface area contributed by atoms with Gasteiger partial charge in [-0.25, -0.2) is 0 Å². The highest BCUT2D eigenvalue weighted by Crippen LogP contribution is 2.51. The molecule has 254 valence electrons. The fourth-order valence-electron chi connectivity index (χ4n) is 7.29. The van der Waals surface area contributed by atoms with Crippen molar-refractivity contribution in [2.24, 2.45) is 0 Å². The van der Waals surface area contributed by atoms with Gasteiger partial charge >= 0.3 is 16.6 Å². The lowest BCUT2D eigenvalue weighted by Gasteiger charge is -2.34. The Morgan fingerprint density at radius 3 is 0.942 bits per heavy atom. The first-order valence-electron chi connectivity index (χ1n) is 17.4. The Balaban J connectivity index is 1.46. The van der Waals surface area contributed by atoms with Gasteiger partial charge in [0.1, 0.15) is 11.5 Å². The lowest BCUT2D eigenvalue weighted by atomic mass is 9.92. The summed E-state index contributed by atoms with van der Waals surface area (Å²) in [4.78, 5) is 0. The molecule has 0 radical (unpaired) electrons. The molecule has 0 spiro atoms. The molecule has 8 aromatic carbocycles. The van der Waals surface area contributed by atoms with Crippen LogP contribution < -0.4 is 29.6 Å². The van der Waals surface area contributed by atoms with Gasteiger partial charge in [-0.3, -0.25) is 0 Å². The third kappa shape index (κ3) is 6.24. The molecule has 0 unspecified atom stereocenters. The smallest absolute Gasteiger partial charge is 0.311 e. The Labute approximate surface area is 324 Å². The van der Waals surface area contributed by atoms with Crippen molar-refractivity contribution in [2.75, 3.05) is 0 Å². The normalized spacial score (nSPS) is 11.8. The van der Waals surface area contributed by atoms with Crippen molar-refractivity contribution >= 4 is 90.8 Å². The van der Waals surface area contributed by atoms with Crippen LogP contribution in [-0.4, -0.2) is 16.6 Å². The SMILES string of the molecule is C[Si](Oc1c(Br)cc2ccccc2c1-c1c(O[Si](C)(c2ccccc2)c2ccccc2)c(Br)cc2ccccc12)(c1ccccc1)c1ccccc1. The van der Waals surface area contributed by atoms with Crippen LogP contribution >= 0.6 is 31.9 Å². The number of fused-ring (bicyclic) bond motifs is 2. The molecule has 6 heteroatoms. The quantitative estimate of drug-likeness (QED) is 0.135. The van der Waals surface area contributed by atoms with Crippen molar-refractivity contribution in [2.45, 2.75) is 13.1 Å². The van der Waals surface area contributed by atoms with Gasteiger partial charge in [0.15, 0.2) is 0 Å². The Hall–Kier alpha value is -4.73. The molecule has 0 amide bonds. The molecule has 0 aromatic heterocycles. The van der Waals surface area contributed by atoms with Gasteiger partial charge in [0, 0.05) is 11.1 Å². The van der Waals surface area contributed by atoms with Gasteiger partial charge < -0.3 is 8.85 Å². The zero-order valence-electron chi connectivity index (χ0n) is 28.9. The molecule has 0 aliphatic rings. The summed E-state index contributed by atoms with van der Waals surface area (Å²) >= 11 is 8.12. The predicted molar refractivity (Wildman–Crippen MR) is 231 cm³/mol. The van der Waals surface area contributed by atoms with Gasteiger partial charge in [-0.2, -0.15) is 0 Å². The molecular weight excluding hydrogens is 800 g/mol. The first-order valence-corrected chi connectivity index (χ1v) is 23.8. The van der Waals surface area contributed by atoms with Crippen LogP contribution in [0.4, 0.5) is 0 Å². The molecule has 2 nitrogen and oxygen atoms in total. The van der Waals surface area contributed by atoms with E-state index in [1.807, 2.05) is 0 Å². The van der Waals surface area contributed by atoms with Crippen molar-refractivity contribution in [3.63, 3.8) is 0 Å². The van der Waals surface area contributed by atoms with E-state index in [4.69, 9.17) is 8.85 Å². The van der Waals surface area contributed by atoms with Crippen LogP contribution in [0, 0.1) is 0 Å². The average molecular weight is 837 g/mol. The summed E-state index contributed by atoms with van der Waals surface area (Å²) in [6.07, 6.45) is 0. The number of benzene rings is 8. The van der Waals surface area contributed by atoms with Crippen LogP contribution in [0.25, 0.3) is 32.7 Å². The van der Waals surface area contributed by atoms with Gasteiger partial charge in [-0.05, 0) is 99.4 Å². The standard InChI is InChI=1S/C46H36Br2O2Si2/c1-51(35-21-7-3-8-22-35,36-23-9-4-10-24-36)49-45-41(47)31-33-19-15-17-29-39(33)43(45)44-40-30-18-16-20-34(40)32-42(48)46(44)50-52(2,37-25-11-5-12-26-37)38-27-13-6-14-28-38/h3-32H,1-2H3. The maximum absolute atomic E-state index is 7.67. The largest absolute Gasteiger partial charge is 0.534 e. The van der Waals surface area contributed by atoms with Crippen LogP contribution in [0.1, 0.15) is 0 Å². The second-order valence-corrected chi connectivity index (χ2v) is 21.9. The second-order valence-electron chi connectivity index (χ2n) is 13.3. The second kappa shape index (κ2) is 14.4. The summed E-state index contributed by atoms with van der Waals surface area (Å²) < 4.78 is 17.1. The number of hydrogen-bond donors (Lipinski definition) is 0. The molecule has 0 saturated heterocycles. The summed E-state index contributed by atoms with van der Waals surface area (Å²) in [5.41, 5.74) is 2.00. The van der Waals surface area contributed by atoms with Crippen LogP contribution in [0.15, 0.2) is 191 Å². The molecule has 52 heavy (non-hydrogen) atoms. The van der Waals surface area contributed by atoms with Crippen LogP contribution in [-0.2, 0) is 0 Å². The maximum atomic E-state index is 7.67. The highest BCUT2D eigenvalue weighted by molar-refractivity contribution is 9.11. The van der Waals surface area contributed by atoms with E-state index in [0.717, 1.165) is 53.1 Å². The van der Waals surface area contributed by atoms with Gasteiger partial charge in [0.25, 0.3) is 0 Å². The Morgan fingerprint density at radius 1 is 0.365 bits per heavy atom. The summed E-state index contributed by atoms with van der Waals surface area (Å²) in [5, 5.41) is 9.17. The van der Waals surface area contributed by atoms with Gasteiger partial charge in [-0.15, -0.1) is 0 Å². The predicted octanol–water partition coefficient (Wildman–Crippen LogP) is 10.7. The average Bonchev–Trinajstić information content (AvgIpc) is 3.20. The van der Waals surface area contributed by atoms with Crippen LogP contribution in [0.3, 0.4) is 0 Å². The summed E-state index contributed by atoms with van der Waals surface area (Å²) in [5.74, 6) is 1.60. The minimum Gasteiger partial charge on any atom is -0.534 e. The first-order chi connectivity index (χ1) is 25.4. The monoisotopic (exact) mass is 834 g/mol. The van der Waals surface area contributed by atoms with Crippen LogP contribution in [0.5, 0.6) is 11.5 Å². The molecule has 0 saturated carbocycles. The summed E-state index contributed by atoms with van der Waals surface area (Å²) in [6.45, 7) is 4.60. The molecule has 0 atom stereocenters. The third-order valence-electron chi connectivity index (χ3n) is 10.1. The van der Waals surface area contributed by atoms with E-state index < -0.39 is 16.6 Å². The van der Waals surface area contributed by atoms with E-state index in [9.17, 15) is 0 Å². The van der Waals surface area contributed by atoms with Gasteiger partial charge in [0.05, 0.1) is 8.95 Å². The maximum Gasteiger partial charge on any atom is 0.311 e. The summed E-state index contributed by atoms with van der Waals surface area (Å²) in [6, 6.07) is 64.3. The molecule has 8 rings (SSSR count). The molecule has 0 N–H and O–H groups in total. The van der Waals surface area contributed by atoms with Crippen molar-refractivity contribution in [3.8, 4) is 22.6 Å². The molecule has 0 fully saturated rings. The Kier molecular flexibility index (Phi) is 9.49. The fraction of sp³-hybridized carbons (Fsp3) is 0.0435. The van der Waals surface area contributed by atoms with E-state index >= 15 is 0 Å². The fourth-order valence-corrected chi connectivity index (χ4v) is 14.3. The van der Waals surface area contributed by atoms with Gasteiger partial charge in [0.2, 0.25) is 0 Å². The molecule has 8 aromatic rings. The van der Waals surface area contributed by atoms with Crippen molar-refractivity contribution in [3.05, 3.63) is 191 Å². The third-order valence-corrected chi connectivity index (χ3v) is 18.2. The van der Waals surface area contributed by atoms with E-state index in [-0.39, 0.29) is 0 Å². The van der Waals surface area contributed by atoms with Gasteiger partial charge in [-0.1, -0.05) is 170 Å². The highest BCUT2D eigenvalue weighted by atomic mass is 79.9. The lowest BCUT2D eigenvalue weighted by molar-refractivity contribution is 0.562. The van der Waals surface area contributed by atoms with Crippen molar-refractivity contribution in [1.29, 1.82) is 0 Å². The highest BCUT2D eigenvalue weighted by Gasteiger charge is 2.40. The molecule has 0 aliphatic carbocycles. The lowest BCUT2D eigenvalue weighted by Crippen LogP contribution is -2.61. The van der Waals surface area contributed by atoms with Crippen molar-refractivity contribution in [1.82, 2.24) is 0 Å². The summed E-state index contributed by atoms with van der Waals surface area (Å²) in [7, 11) is -5.70. The minimum atomic E-state index is -2.85. The van der Waals surface area contributed by atoms with E-state index in [1.54, 1.807) is 0 Å². The van der Waals surface area contributed by atoms with Crippen LogP contribution in [0.2, 0.25) is 13.1 Å². The zero-order chi connectivity index (χ0) is 35.7.